The number of H-pyrrole nitrogens is 1. The van der Waals surface area contributed by atoms with Crippen molar-refractivity contribution in [1.82, 2.24) is 14.6 Å². The molecule has 0 spiro atoms. The number of carbonyl (C=O) groups excluding carboxylic acids is 1. The van der Waals surface area contributed by atoms with Gasteiger partial charge in [0.05, 0.1) is 18.1 Å². The summed E-state index contributed by atoms with van der Waals surface area (Å²) in [4.78, 5) is 15.7. The molecular formula is C23H27N3O4S. The summed E-state index contributed by atoms with van der Waals surface area (Å²) in [6, 6.07) is 14.9. The lowest BCUT2D eigenvalue weighted by atomic mass is 10.1. The Balaban J connectivity index is 1.24. The lowest BCUT2D eigenvalue weighted by Gasteiger charge is -2.26. The van der Waals surface area contributed by atoms with Crippen molar-refractivity contribution in [3.8, 4) is 0 Å². The summed E-state index contributed by atoms with van der Waals surface area (Å²) in [5, 5.41) is 4.15. The first-order valence-corrected chi connectivity index (χ1v) is 12.0. The van der Waals surface area contributed by atoms with Gasteiger partial charge in [0.2, 0.25) is 15.9 Å². The van der Waals surface area contributed by atoms with Crippen molar-refractivity contribution in [3.63, 3.8) is 0 Å². The van der Waals surface area contributed by atoms with Gasteiger partial charge in [-0.3, -0.25) is 4.79 Å². The Labute approximate surface area is 182 Å². The van der Waals surface area contributed by atoms with Gasteiger partial charge in [-0.05, 0) is 42.2 Å². The second kappa shape index (κ2) is 9.64. The zero-order valence-electron chi connectivity index (χ0n) is 17.3. The number of benzene rings is 2. The summed E-state index contributed by atoms with van der Waals surface area (Å²) < 4.78 is 32.0. The smallest absolute Gasteiger partial charge is 0.243 e. The maximum absolute atomic E-state index is 12.7. The van der Waals surface area contributed by atoms with Gasteiger partial charge in [0.15, 0.2) is 0 Å². The molecule has 0 bridgehead atoms. The van der Waals surface area contributed by atoms with Crippen LogP contribution in [0.3, 0.4) is 0 Å². The molecule has 3 aromatic rings. The minimum atomic E-state index is -3.49. The van der Waals surface area contributed by atoms with Gasteiger partial charge in [-0.15, -0.1) is 0 Å². The molecule has 8 heteroatoms. The Kier molecular flexibility index (Phi) is 6.70. The average Bonchev–Trinajstić information content (AvgIpc) is 3.22. The first-order valence-electron chi connectivity index (χ1n) is 10.5. The summed E-state index contributed by atoms with van der Waals surface area (Å²) in [5.74, 6) is -0.00939. The van der Waals surface area contributed by atoms with Crippen LogP contribution in [-0.2, 0) is 32.4 Å². The Morgan fingerprint density at radius 3 is 2.55 bits per heavy atom. The number of carbonyl (C=O) groups is 1. The molecule has 1 aliphatic heterocycles. The fourth-order valence-electron chi connectivity index (χ4n) is 3.79. The predicted octanol–water partition coefficient (Wildman–Crippen LogP) is 2.48. The van der Waals surface area contributed by atoms with Gasteiger partial charge in [-0.1, -0.05) is 30.3 Å². The number of aryl methyl sites for hydroxylation is 1. The van der Waals surface area contributed by atoms with E-state index in [4.69, 9.17) is 4.74 Å². The number of fused-ring (bicyclic) bond motifs is 1. The molecule has 2 N–H and O–H groups in total. The van der Waals surface area contributed by atoms with Gasteiger partial charge in [-0.25, -0.2) is 8.42 Å². The molecule has 1 saturated heterocycles. The van der Waals surface area contributed by atoms with Gasteiger partial charge >= 0.3 is 0 Å². The highest BCUT2D eigenvalue weighted by Gasteiger charge is 2.26. The van der Waals surface area contributed by atoms with E-state index in [1.165, 1.54) is 15.3 Å². The maximum atomic E-state index is 12.7. The Hall–Kier alpha value is -2.68. The van der Waals surface area contributed by atoms with E-state index >= 15 is 0 Å². The number of amides is 1. The van der Waals surface area contributed by atoms with Crippen molar-refractivity contribution >= 4 is 26.8 Å². The molecule has 1 aromatic heterocycles. The van der Waals surface area contributed by atoms with Crippen LogP contribution in [0.25, 0.3) is 10.9 Å². The largest absolute Gasteiger partial charge is 0.379 e. The summed E-state index contributed by atoms with van der Waals surface area (Å²) in [6.07, 6.45) is 3.69. The van der Waals surface area contributed by atoms with Crippen molar-refractivity contribution in [2.45, 2.75) is 24.2 Å². The van der Waals surface area contributed by atoms with Crippen LogP contribution in [0, 0.1) is 0 Å². The van der Waals surface area contributed by atoms with Crippen molar-refractivity contribution in [2.75, 3.05) is 32.8 Å². The number of aromatic nitrogens is 1. The summed E-state index contributed by atoms with van der Waals surface area (Å²) in [5.41, 5.74) is 3.23. The summed E-state index contributed by atoms with van der Waals surface area (Å²) >= 11 is 0. The second-order valence-corrected chi connectivity index (χ2v) is 9.56. The molecule has 0 aliphatic carbocycles. The fraction of sp³-hybridized carbons (Fsp3) is 0.348. The normalized spacial score (nSPS) is 15.2. The number of nitrogens with one attached hydrogen (secondary N) is 2. The van der Waals surface area contributed by atoms with Crippen molar-refractivity contribution in [2.24, 2.45) is 0 Å². The molecule has 1 aliphatic rings. The molecule has 164 valence electrons. The summed E-state index contributed by atoms with van der Waals surface area (Å²) in [7, 11) is -3.49. The van der Waals surface area contributed by atoms with Gasteiger partial charge in [-0.2, -0.15) is 4.31 Å². The number of para-hydroxylation sites is 1. The molecular weight excluding hydrogens is 414 g/mol. The molecule has 7 nitrogen and oxygen atoms in total. The summed E-state index contributed by atoms with van der Waals surface area (Å²) in [6.45, 7) is 2.18. The van der Waals surface area contributed by atoms with Crippen molar-refractivity contribution < 1.29 is 17.9 Å². The molecule has 0 unspecified atom stereocenters. The minimum Gasteiger partial charge on any atom is -0.379 e. The molecule has 1 amide bonds. The van der Waals surface area contributed by atoms with E-state index in [0.717, 1.165) is 17.5 Å². The number of sulfonamides is 1. The van der Waals surface area contributed by atoms with E-state index < -0.39 is 10.0 Å². The molecule has 0 radical (unpaired) electrons. The van der Waals surface area contributed by atoms with E-state index in [2.05, 4.69) is 16.4 Å². The van der Waals surface area contributed by atoms with Crippen molar-refractivity contribution in [1.29, 1.82) is 0 Å². The molecule has 31 heavy (non-hydrogen) atoms. The number of nitrogens with zero attached hydrogens (tertiary/aromatic N) is 1. The number of rotatable bonds is 8. The number of ether oxygens (including phenoxy) is 1. The van der Waals surface area contributed by atoms with Crippen LogP contribution in [0.15, 0.2) is 59.6 Å². The second-order valence-electron chi connectivity index (χ2n) is 7.62. The van der Waals surface area contributed by atoms with E-state index in [9.17, 15) is 13.2 Å². The number of hydrogen-bond acceptors (Lipinski definition) is 4. The fourth-order valence-corrected chi connectivity index (χ4v) is 5.19. The van der Waals surface area contributed by atoms with Gasteiger partial charge in [0.1, 0.15) is 0 Å². The number of morpholine rings is 1. The van der Waals surface area contributed by atoms with E-state index in [0.29, 0.717) is 45.7 Å². The highest BCUT2D eigenvalue weighted by atomic mass is 32.2. The van der Waals surface area contributed by atoms with E-state index in [1.54, 1.807) is 24.3 Å². The van der Waals surface area contributed by atoms with Crippen LogP contribution < -0.4 is 5.32 Å². The van der Waals surface area contributed by atoms with Gasteiger partial charge < -0.3 is 15.0 Å². The van der Waals surface area contributed by atoms with E-state index in [1.807, 2.05) is 24.4 Å². The third kappa shape index (κ3) is 5.15. The standard InChI is InChI=1S/C23H27N3O4S/c27-23(24-12-11-19-17-25-22-4-2-1-3-21(19)22)10-7-18-5-8-20(9-6-18)31(28,29)26-13-15-30-16-14-26/h1-6,8-9,17,25H,7,10-16H2,(H,24,27). The molecule has 0 atom stereocenters. The number of hydrogen-bond donors (Lipinski definition) is 2. The van der Waals surface area contributed by atoms with E-state index in [-0.39, 0.29) is 10.8 Å². The molecule has 4 rings (SSSR count). The maximum Gasteiger partial charge on any atom is 0.243 e. The minimum absolute atomic E-state index is 0.00939. The van der Waals surface area contributed by atoms with Crippen LogP contribution in [0.1, 0.15) is 17.5 Å². The zero-order valence-corrected chi connectivity index (χ0v) is 18.2. The highest BCUT2D eigenvalue weighted by molar-refractivity contribution is 7.89. The van der Waals surface area contributed by atoms with Crippen LogP contribution in [0.4, 0.5) is 0 Å². The Morgan fingerprint density at radius 2 is 1.77 bits per heavy atom. The van der Waals surface area contributed by atoms with Gasteiger partial charge in [0.25, 0.3) is 0 Å². The van der Waals surface area contributed by atoms with Crippen molar-refractivity contribution in [3.05, 3.63) is 65.9 Å². The predicted molar refractivity (Wildman–Crippen MR) is 119 cm³/mol. The third-order valence-corrected chi connectivity index (χ3v) is 7.48. The highest BCUT2D eigenvalue weighted by Crippen LogP contribution is 2.19. The van der Waals surface area contributed by atoms with Gasteiger partial charge in [0, 0.05) is 43.2 Å². The molecule has 1 fully saturated rings. The first-order chi connectivity index (χ1) is 15.0. The molecule has 2 aromatic carbocycles. The van der Waals surface area contributed by atoms with Crippen LogP contribution >= 0.6 is 0 Å². The lowest BCUT2D eigenvalue weighted by molar-refractivity contribution is -0.121. The van der Waals surface area contributed by atoms with Crippen LogP contribution in [-0.4, -0.2) is 56.5 Å². The lowest BCUT2D eigenvalue weighted by Crippen LogP contribution is -2.40. The number of aromatic amines is 1. The third-order valence-electron chi connectivity index (χ3n) is 5.56. The Bertz CT molecular complexity index is 1130. The quantitative estimate of drug-likeness (QED) is 0.562. The monoisotopic (exact) mass is 441 g/mol. The SMILES string of the molecule is O=C(CCc1ccc(S(=O)(=O)N2CCOCC2)cc1)NCCc1c[nH]c2ccccc12. The van der Waals surface area contributed by atoms with Crippen LogP contribution in [0.2, 0.25) is 0 Å². The Morgan fingerprint density at radius 1 is 1.03 bits per heavy atom. The van der Waals surface area contributed by atoms with Crippen LogP contribution in [0.5, 0.6) is 0 Å². The topological polar surface area (TPSA) is 91.5 Å². The molecule has 2 heterocycles. The zero-order chi connectivity index (χ0) is 21.7. The average molecular weight is 442 g/mol. The first kappa shape index (κ1) is 21.5. The molecule has 0 saturated carbocycles.